The van der Waals surface area contributed by atoms with E-state index in [0.29, 0.717) is 5.75 Å². The van der Waals surface area contributed by atoms with Crippen molar-refractivity contribution in [2.45, 2.75) is 0 Å². The highest BCUT2D eigenvalue weighted by molar-refractivity contribution is 5.83. The second-order valence-electron chi connectivity index (χ2n) is 3.74. The molecule has 3 nitrogen and oxygen atoms in total. The fraction of sp³-hybridized carbons (Fsp3) is 0.0714. The molecule has 0 saturated heterocycles. The molecule has 0 aliphatic heterocycles. The molecule has 0 fully saturated rings. The van der Waals surface area contributed by atoms with E-state index < -0.39 is 11.6 Å². The molecule has 2 rings (SSSR count). The number of methoxy groups -OCH3 is 1. The van der Waals surface area contributed by atoms with Crippen LogP contribution in [0.1, 0.15) is 5.56 Å². The summed E-state index contributed by atoms with van der Waals surface area (Å²) in [6.07, 6.45) is 1.50. The van der Waals surface area contributed by atoms with Gasteiger partial charge in [0.15, 0.2) is 5.82 Å². The minimum Gasteiger partial charge on any atom is -0.496 e. The zero-order chi connectivity index (χ0) is 13.7. The minimum atomic E-state index is -0.697. The Labute approximate surface area is 109 Å². The highest BCUT2D eigenvalue weighted by atomic mass is 19.1. The molecule has 19 heavy (non-hydrogen) atoms. The third-order valence-electron chi connectivity index (χ3n) is 2.46. The zero-order valence-electron chi connectivity index (χ0n) is 10.2. The van der Waals surface area contributed by atoms with E-state index >= 15 is 0 Å². The first-order chi connectivity index (χ1) is 9.20. The van der Waals surface area contributed by atoms with Crippen molar-refractivity contribution in [1.82, 2.24) is 0 Å². The van der Waals surface area contributed by atoms with Crippen molar-refractivity contribution in [3.05, 3.63) is 59.7 Å². The van der Waals surface area contributed by atoms with Gasteiger partial charge in [0.2, 0.25) is 0 Å². The smallest absolute Gasteiger partial charge is 0.151 e. The normalized spacial score (nSPS) is 10.7. The maximum atomic E-state index is 13.3. The summed E-state index contributed by atoms with van der Waals surface area (Å²) in [5.74, 6) is -0.665. The second-order valence-corrected chi connectivity index (χ2v) is 3.74. The number of hydrogen-bond acceptors (Lipinski definition) is 3. The van der Waals surface area contributed by atoms with Crippen molar-refractivity contribution in [2.24, 2.45) is 5.10 Å². The Morgan fingerprint density at radius 1 is 1.16 bits per heavy atom. The van der Waals surface area contributed by atoms with E-state index in [-0.39, 0.29) is 5.69 Å². The summed E-state index contributed by atoms with van der Waals surface area (Å²) in [6.45, 7) is 0. The first-order valence-electron chi connectivity index (χ1n) is 5.58. The summed E-state index contributed by atoms with van der Waals surface area (Å²) in [4.78, 5) is 0. The first-order valence-corrected chi connectivity index (χ1v) is 5.58. The number of ether oxygens (including phenoxy) is 1. The molecule has 0 unspecified atom stereocenters. The standard InChI is InChI=1S/C14H12F2N2O/c1-19-14-5-3-2-4-10(14)9-17-18-13-7-6-11(15)8-12(13)16/h2-9,18H,1H3. The Morgan fingerprint density at radius 2 is 1.95 bits per heavy atom. The van der Waals surface area contributed by atoms with Gasteiger partial charge in [0, 0.05) is 11.6 Å². The number of anilines is 1. The predicted molar refractivity (Wildman–Crippen MR) is 70.6 cm³/mol. The fourth-order valence-electron chi connectivity index (χ4n) is 1.52. The van der Waals surface area contributed by atoms with E-state index in [1.54, 1.807) is 13.2 Å². The van der Waals surface area contributed by atoms with Crippen LogP contribution in [0.3, 0.4) is 0 Å². The zero-order valence-corrected chi connectivity index (χ0v) is 10.2. The number of benzene rings is 2. The number of hydrogen-bond donors (Lipinski definition) is 1. The van der Waals surface area contributed by atoms with E-state index in [1.165, 1.54) is 12.3 Å². The van der Waals surface area contributed by atoms with Crippen LogP contribution < -0.4 is 10.2 Å². The van der Waals surface area contributed by atoms with Crippen LogP contribution in [-0.4, -0.2) is 13.3 Å². The van der Waals surface area contributed by atoms with Gasteiger partial charge in [-0.1, -0.05) is 12.1 Å². The monoisotopic (exact) mass is 262 g/mol. The lowest BCUT2D eigenvalue weighted by Gasteiger charge is -2.04. The summed E-state index contributed by atoms with van der Waals surface area (Å²) in [6, 6.07) is 10.5. The van der Waals surface area contributed by atoms with Crippen LogP contribution in [0.5, 0.6) is 5.75 Å². The molecule has 5 heteroatoms. The molecule has 1 N–H and O–H groups in total. The van der Waals surface area contributed by atoms with Crippen LogP contribution >= 0.6 is 0 Å². The van der Waals surface area contributed by atoms with Crippen LogP contribution in [0.4, 0.5) is 14.5 Å². The van der Waals surface area contributed by atoms with E-state index in [2.05, 4.69) is 10.5 Å². The average molecular weight is 262 g/mol. The van der Waals surface area contributed by atoms with Crippen LogP contribution in [0.2, 0.25) is 0 Å². The van der Waals surface area contributed by atoms with Crippen molar-refractivity contribution < 1.29 is 13.5 Å². The summed E-state index contributed by atoms with van der Waals surface area (Å²) in [5.41, 5.74) is 3.37. The Bertz CT molecular complexity index is 600. The molecule has 98 valence electrons. The highest BCUT2D eigenvalue weighted by Gasteiger charge is 2.02. The topological polar surface area (TPSA) is 33.6 Å². The number of nitrogens with one attached hydrogen (secondary N) is 1. The van der Waals surface area contributed by atoms with Crippen LogP contribution in [-0.2, 0) is 0 Å². The van der Waals surface area contributed by atoms with Crippen molar-refractivity contribution in [3.8, 4) is 5.75 Å². The Hall–Kier alpha value is -2.43. The minimum absolute atomic E-state index is 0.104. The maximum Gasteiger partial charge on any atom is 0.151 e. The molecule has 2 aromatic rings. The van der Waals surface area contributed by atoms with E-state index in [1.807, 2.05) is 18.2 Å². The van der Waals surface area contributed by atoms with Gasteiger partial charge < -0.3 is 4.74 Å². The second kappa shape index (κ2) is 5.95. The number of nitrogens with zero attached hydrogens (tertiary/aromatic N) is 1. The summed E-state index contributed by atoms with van der Waals surface area (Å²) in [7, 11) is 1.56. The molecule has 0 spiro atoms. The lowest BCUT2D eigenvalue weighted by molar-refractivity contribution is 0.414. The van der Waals surface area contributed by atoms with Crippen LogP contribution in [0.15, 0.2) is 47.6 Å². The molecule has 0 bridgehead atoms. The Morgan fingerprint density at radius 3 is 2.68 bits per heavy atom. The molecular formula is C14H12F2N2O. The molecular weight excluding hydrogens is 250 g/mol. The Balaban J connectivity index is 2.11. The maximum absolute atomic E-state index is 13.3. The van der Waals surface area contributed by atoms with Gasteiger partial charge in [-0.05, 0) is 24.3 Å². The summed E-state index contributed by atoms with van der Waals surface area (Å²) < 4.78 is 31.2. The van der Waals surface area contributed by atoms with Crippen molar-refractivity contribution >= 4 is 11.9 Å². The van der Waals surface area contributed by atoms with Crippen LogP contribution in [0.25, 0.3) is 0 Å². The molecule has 0 aromatic heterocycles. The number of para-hydroxylation sites is 1. The van der Waals surface area contributed by atoms with Gasteiger partial charge in [0.25, 0.3) is 0 Å². The quantitative estimate of drug-likeness (QED) is 0.676. The third kappa shape index (κ3) is 3.28. The van der Waals surface area contributed by atoms with Gasteiger partial charge in [-0.2, -0.15) is 5.10 Å². The van der Waals surface area contributed by atoms with Gasteiger partial charge in [0.05, 0.1) is 19.0 Å². The molecule has 0 aliphatic rings. The van der Waals surface area contributed by atoms with Crippen molar-refractivity contribution in [3.63, 3.8) is 0 Å². The summed E-state index contributed by atoms with van der Waals surface area (Å²) in [5, 5.41) is 3.89. The average Bonchev–Trinajstić information content (AvgIpc) is 2.42. The lowest BCUT2D eigenvalue weighted by Crippen LogP contribution is -1.96. The van der Waals surface area contributed by atoms with Gasteiger partial charge in [-0.15, -0.1) is 0 Å². The van der Waals surface area contributed by atoms with Crippen molar-refractivity contribution in [1.29, 1.82) is 0 Å². The van der Waals surface area contributed by atoms with E-state index in [4.69, 9.17) is 4.74 Å². The van der Waals surface area contributed by atoms with Crippen molar-refractivity contribution in [2.75, 3.05) is 12.5 Å². The molecule has 0 heterocycles. The number of hydrazone groups is 1. The largest absolute Gasteiger partial charge is 0.496 e. The molecule has 0 radical (unpaired) electrons. The van der Waals surface area contributed by atoms with Gasteiger partial charge in [0.1, 0.15) is 11.6 Å². The molecule has 2 aromatic carbocycles. The van der Waals surface area contributed by atoms with Gasteiger partial charge in [-0.25, -0.2) is 8.78 Å². The Kier molecular flexibility index (Phi) is 4.07. The fourth-order valence-corrected chi connectivity index (χ4v) is 1.52. The number of halogens is 2. The molecule has 0 atom stereocenters. The van der Waals surface area contributed by atoms with Gasteiger partial charge in [-0.3, -0.25) is 5.43 Å². The third-order valence-corrected chi connectivity index (χ3v) is 2.46. The first kappa shape index (κ1) is 13.0. The number of rotatable bonds is 4. The summed E-state index contributed by atoms with van der Waals surface area (Å²) >= 11 is 0. The highest BCUT2D eigenvalue weighted by Crippen LogP contribution is 2.16. The van der Waals surface area contributed by atoms with Gasteiger partial charge >= 0.3 is 0 Å². The van der Waals surface area contributed by atoms with E-state index in [9.17, 15) is 8.78 Å². The lowest BCUT2D eigenvalue weighted by atomic mass is 10.2. The SMILES string of the molecule is COc1ccccc1C=NNc1ccc(F)cc1F. The predicted octanol–water partition coefficient (Wildman–Crippen LogP) is 3.42. The van der Waals surface area contributed by atoms with Crippen LogP contribution in [0, 0.1) is 11.6 Å². The van der Waals surface area contributed by atoms with E-state index in [0.717, 1.165) is 17.7 Å². The molecule has 0 saturated carbocycles. The molecule has 0 amide bonds. The molecule has 0 aliphatic carbocycles.